The van der Waals surface area contributed by atoms with Crippen molar-refractivity contribution >= 4 is 17.3 Å². The van der Waals surface area contributed by atoms with E-state index in [1.165, 1.54) is 0 Å². The summed E-state index contributed by atoms with van der Waals surface area (Å²) in [5.74, 6) is 0. The lowest BCUT2D eigenvalue weighted by atomic mass is 9.97. The van der Waals surface area contributed by atoms with Gasteiger partial charge in [0.25, 0.3) is 6.04 Å². The summed E-state index contributed by atoms with van der Waals surface area (Å²) in [5.41, 5.74) is 3.04. The minimum atomic E-state index is -0.296. The van der Waals surface area contributed by atoms with Crippen LogP contribution in [0.2, 0.25) is 5.02 Å². The van der Waals surface area contributed by atoms with Crippen LogP contribution in [0.4, 0.5) is 5.69 Å². The molecule has 0 N–H and O–H groups in total. The summed E-state index contributed by atoms with van der Waals surface area (Å²) in [6.45, 7) is 1.18. The highest BCUT2D eigenvalue weighted by molar-refractivity contribution is 6.30. The predicted molar refractivity (Wildman–Crippen MR) is 81.5 cm³/mol. The van der Waals surface area contributed by atoms with Crippen LogP contribution in [-0.2, 0) is 0 Å². The first-order chi connectivity index (χ1) is 9.66. The first-order valence-electron chi connectivity index (χ1n) is 6.66. The van der Waals surface area contributed by atoms with Gasteiger partial charge in [-0.15, -0.1) is 0 Å². The molecule has 0 aromatic heterocycles. The van der Waals surface area contributed by atoms with E-state index in [9.17, 15) is 4.91 Å². The smallest absolute Gasteiger partial charge is 0.253 e. The van der Waals surface area contributed by atoms with Crippen molar-refractivity contribution < 1.29 is 4.76 Å². The summed E-state index contributed by atoms with van der Waals surface area (Å²) < 4.78 is 1.15. The molecule has 0 saturated carbocycles. The van der Waals surface area contributed by atoms with Gasteiger partial charge in [0.2, 0.25) is 6.54 Å². The zero-order valence-corrected chi connectivity index (χ0v) is 12.0. The van der Waals surface area contributed by atoms with E-state index < -0.39 is 0 Å². The molecule has 2 aromatic carbocycles. The third-order valence-corrected chi connectivity index (χ3v) is 3.99. The number of halogens is 1. The van der Waals surface area contributed by atoms with Gasteiger partial charge in [-0.3, -0.25) is 0 Å². The Balaban J connectivity index is 2.19. The van der Waals surface area contributed by atoms with Gasteiger partial charge in [0.15, 0.2) is 0 Å². The molecule has 1 atom stereocenters. The molecule has 4 heteroatoms. The van der Waals surface area contributed by atoms with Crippen molar-refractivity contribution in [1.29, 1.82) is 0 Å². The molecule has 0 amide bonds. The Hall–Kier alpha value is -1.87. The van der Waals surface area contributed by atoms with Gasteiger partial charge in [-0.25, -0.2) is 0 Å². The lowest BCUT2D eigenvalue weighted by molar-refractivity contribution is -0.579. The zero-order valence-electron chi connectivity index (χ0n) is 11.3. The van der Waals surface area contributed by atoms with Crippen molar-refractivity contribution in [2.45, 2.75) is 6.04 Å². The van der Waals surface area contributed by atoms with Crippen LogP contribution in [0.3, 0.4) is 0 Å². The molecule has 0 bridgehead atoms. The van der Waals surface area contributed by atoms with Gasteiger partial charge < -0.3 is 4.90 Å². The molecule has 0 saturated heterocycles. The van der Waals surface area contributed by atoms with Crippen LogP contribution < -0.4 is 4.90 Å². The topological polar surface area (TPSA) is 23.3 Å². The Labute approximate surface area is 123 Å². The highest BCUT2D eigenvalue weighted by Gasteiger charge is 2.35. The number of nitroso groups, excluding NO2 is 1. The molecular weight excluding hydrogens is 272 g/mol. The normalized spacial score (nSPS) is 18.6. The van der Waals surface area contributed by atoms with E-state index in [0.29, 0.717) is 18.1 Å². The molecular formula is C16H16ClN2O+. The third kappa shape index (κ3) is 2.29. The van der Waals surface area contributed by atoms with E-state index >= 15 is 0 Å². The van der Waals surface area contributed by atoms with Gasteiger partial charge >= 0.3 is 0 Å². The van der Waals surface area contributed by atoms with Crippen LogP contribution in [0, 0.1) is 4.91 Å². The summed E-state index contributed by atoms with van der Waals surface area (Å²) in [6, 6.07) is 15.3. The molecule has 1 heterocycles. The Morgan fingerprint density at radius 2 is 1.95 bits per heavy atom. The highest BCUT2D eigenvalue weighted by Crippen LogP contribution is 2.36. The summed E-state index contributed by atoms with van der Waals surface area (Å²) in [6.07, 6.45) is 0. The number of benzene rings is 2. The summed E-state index contributed by atoms with van der Waals surface area (Å²) in [7, 11) is 2.01. The fraction of sp³-hybridized carbons (Fsp3) is 0.250. The SMILES string of the molecule is CN1CC[N+](=O)C(c2ccccc2)c2cc(Cl)ccc21. The van der Waals surface area contributed by atoms with Gasteiger partial charge in [0.1, 0.15) is 0 Å². The van der Waals surface area contributed by atoms with Crippen molar-refractivity contribution in [2.75, 3.05) is 25.0 Å². The van der Waals surface area contributed by atoms with Crippen molar-refractivity contribution in [3.05, 3.63) is 69.6 Å². The van der Waals surface area contributed by atoms with Gasteiger partial charge in [0, 0.05) is 33.0 Å². The average molecular weight is 288 g/mol. The second kappa shape index (κ2) is 5.25. The zero-order chi connectivity index (χ0) is 14.1. The molecule has 0 fully saturated rings. The molecule has 0 radical (unpaired) electrons. The van der Waals surface area contributed by atoms with E-state index in [1.807, 2.05) is 55.6 Å². The second-order valence-corrected chi connectivity index (χ2v) is 5.52. The molecule has 3 nitrogen and oxygen atoms in total. The maximum atomic E-state index is 12.5. The molecule has 3 rings (SSSR count). The van der Waals surface area contributed by atoms with Crippen molar-refractivity contribution in [1.82, 2.24) is 0 Å². The molecule has 1 aliphatic heterocycles. The molecule has 0 aliphatic carbocycles. The third-order valence-electron chi connectivity index (χ3n) is 3.75. The number of fused-ring (bicyclic) bond motifs is 1. The largest absolute Gasteiger partial charge is 0.368 e. The summed E-state index contributed by atoms with van der Waals surface area (Å²) >= 11 is 6.14. The van der Waals surface area contributed by atoms with Crippen LogP contribution in [-0.4, -0.2) is 24.9 Å². The van der Waals surface area contributed by atoms with Crippen LogP contribution in [0.5, 0.6) is 0 Å². The van der Waals surface area contributed by atoms with Crippen LogP contribution in [0.1, 0.15) is 17.2 Å². The Morgan fingerprint density at radius 3 is 2.70 bits per heavy atom. The molecule has 102 valence electrons. The fourth-order valence-electron chi connectivity index (χ4n) is 2.73. The second-order valence-electron chi connectivity index (χ2n) is 5.08. The van der Waals surface area contributed by atoms with E-state index in [0.717, 1.165) is 21.6 Å². The first kappa shape index (κ1) is 13.1. The van der Waals surface area contributed by atoms with Gasteiger partial charge in [0.05, 0.1) is 12.1 Å². The van der Waals surface area contributed by atoms with Crippen LogP contribution >= 0.6 is 11.6 Å². The Morgan fingerprint density at radius 1 is 1.20 bits per heavy atom. The fourth-order valence-corrected chi connectivity index (χ4v) is 2.91. The Bertz CT molecular complexity index is 642. The maximum absolute atomic E-state index is 12.5. The maximum Gasteiger partial charge on any atom is 0.253 e. The average Bonchev–Trinajstić information content (AvgIpc) is 2.57. The monoisotopic (exact) mass is 287 g/mol. The van der Waals surface area contributed by atoms with Crippen LogP contribution in [0.15, 0.2) is 48.5 Å². The lowest BCUT2D eigenvalue weighted by Gasteiger charge is -2.18. The Kier molecular flexibility index (Phi) is 3.45. The number of nitrogens with zero attached hydrogens (tertiary/aromatic N) is 2. The molecule has 1 unspecified atom stereocenters. The van der Waals surface area contributed by atoms with E-state index in [2.05, 4.69) is 4.90 Å². The van der Waals surface area contributed by atoms with Crippen molar-refractivity contribution in [3.63, 3.8) is 0 Å². The number of hydrogen-bond acceptors (Lipinski definition) is 2. The summed E-state index contributed by atoms with van der Waals surface area (Å²) in [4.78, 5) is 14.6. The standard InChI is InChI=1S/C16H16ClN2O/c1-18-9-10-19(20)16(12-5-3-2-4-6-12)14-11-13(17)7-8-15(14)18/h2-8,11,16H,9-10H2,1H3/q+1. The molecule has 1 aliphatic rings. The lowest BCUT2D eigenvalue weighted by Crippen LogP contribution is -2.23. The number of likely N-dealkylation sites (N-methyl/N-ethyl adjacent to an activating group) is 1. The van der Waals surface area contributed by atoms with Crippen molar-refractivity contribution in [2.24, 2.45) is 0 Å². The van der Waals surface area contributed by atoms with E-state index in [-0.39, 0.29) is 6.04 Å². The molecule has 0 spiro atoms. The van der Waals surface area contributed by atoms with E-state index in [1.54, 1.807) is 0 Å². The predicted octanol–water partition coefficient (Wildman–Crippen LogP) is 3.66. The number of hydrogen-bond donors (Lipinski definition) is 0. The number of anilines is 1. The first-order valence-corrected chi connectivity index (χ1v) is 7.04. The minimum absolute atomic E-state index is 0.296. The van der Waals surface area contributed by atoms with Crippen molar-refractivity contribution in [3.8, 4) is 0 Å². The summed E-state index contributed by atoms with van der Waals surface area (Å²) in [5, 5.41) is 0.661. The highest BCUT2D eigenvalue weighted by atomic mass is 35.5. The molecule has 2 aromatic rings. The van der Waals surface area contributed by atoms with Gasteiger partial charge in [-0.05, 0) is 18.2 Å². The number of rotatable bonds is 1. The van der Waals surface area contributed by atoms with E-state index in [4.69, 9.17) is 11.6 Å². The van der Waals surface area contributed by atoms with Gasteiger partial charge in [-0.1, -0.05) is 41.9 Å². The minimum Gasteiger partial charge on any atom is -0.368 e. The molecule has 20 heavy (non-hydrogen) atoms. The van der Waals surface area contributed by atoms with Crippen LogP contribution in [0.25, 0.3) is 0 Å². The quantitative estimate of drug-likeness (QED) is 0.747. The van der Waals surface area contributed by atoms with Gasteiger partial charge in [-0.2, -0.15) is 0 Å².